The van der Waals surface area contributed by atoms with Crippen LogP contribution in [0.1, 0.15) is 16.8 Å². The molecular formula is C18H19F3N4O. The number of carbonyl (C=O) groups excluding carboxylic acids is 1. The molecule has 1 saturated heterocycles. The van der Waals surface area contributed by atoms with Gasteiger partial charge in [-0.25, -0.2) is 9.97 Å². The second-order valence-corrected chi connectivity index (χ2v) is 6.20. The van der Waals surface area contributed by atoms with Gasteiger partial charge in [0, 0.05) is 44.1 Å². The van der Waals surface area contributed by atoms with Gasteiger partial charge < -0.3 is 4.90 Å². The largest absolute Gasteiger partial charge is 0.401 e. The maximum Gasteiger partial charge on any atom is 0.401 e. The first-order valence-electron chi connectivity index (χ1n) is 8.38. The topological polar surface area (TPSA) is 49.3 Å². The maximum atomic E-state index is 12.6. The molecule has 1 aromatic carbocycles. The Morgan fingerprint density at radius 2 is 1.69 bits per heavy atom. The third kappa shape index (κ3) is 4.78. The maximum absolute atomic E-state index is 12.6. The highest BCUT2D eigenvalue weighted by Crippen LogP contribution is 2.18. The summed E-state index contributed by atoms with van der Waals surface area (Å²) in [5.74, 6) is 0.271. The minimum Gasteiger partial charge on any atom is -0.337 e. The first kappa shape index (κ1) is 18.3. The van der Waals surface area contributed by atoms with E-state index in [4.69, 9.17) is 0 Å². The number of amides is 1. The van der Waals surface area contributed by atoms with Crippen molar-refractivity contribution in [1.82, 2.24) is 19.8 Å². The van der Waals surface area contributed by atoms with E-state index in [0.717, 1.165) is 5.56 Å². The zero-order valence-corrected chi connectivity index (χ0v) is 14.1. The van der Waals surface area contributed by atoms with Crippen LogP contribution in [0.25, 0.3) is 11.4 Å². The number of benzene rings is 1. The molecule has 1 amide bonds. The first-order chi connectivity index (χ1) is 12.4. The summed E-state index contributed by atoms with van der Waals surface area (Å²) in [6, 6.07) is 9.40. The average molecular weight is 364 g/mol. The molecule has 1 aliphatic rings. The number of halogens is 3. The lowest BCUT2D eigenvalue weighted by atomic mass is 10.2. The van der Waals surface area contributed by atoms with Crippen molar-refractivity contribution < 1.29 is 18.0 Å². The monoisotopic (exact) mass is 364 g/mol. The highest BCUT2D eigenvalue weighted by atomic mass is 19.4. The number of nitrogens with zero attached hydrogens (tertiary/aromatic N) is 4. The van der Waals surface area contributed by atoms with E-state index in [-0.39, 0.29) is 19.0 Å². The van der Waals surface area contributed by atoms with Crippen LogP contribution in [-0.4, -0.2) is 64.6 Å². The van der Waals surface area contributed by atoms with Gasteiger partial charge >= 0.3 is 6.18 Å². The molecule has 0 saturated carbocycles. The molecular weight excluding hydrogens is 345 g/mol. The van der Waals surface area contributed by atoms with Crippen molar-refractivity contribution in [3.05, 3.63) is 48.3 Å². The Morgan fingerprint density at radius 3 is 2.35 bits per heavy atom. The molecule has 2 heterocycles. The first-order valence-corrected chi connectivity index (χ1v) is 8.38. The van der Waals surface area contributed by atoms with Crippen LogP contribution >= 0.6 is 0 Å². The van der Waals surface area contributed by atoms with Crippen LogP contribution in [0.4, 0.5) is 13.2 Å². The molecule has 0 spiro atoms. The van der Waals surface area contributed by atoms with Gasteiger partial charge in [-0.2, -0.15) is 13.2 Å². The summed E-state index contributed by atoms with van der Waals surface area (Å²) in [5.41, 5.74) is 1.19. The van der Waals surface area contributed by atoms with Gasteiger partial charge in [0.05, 0.1) is 12.1 Å². The van der Waals surface area contributed by atoms with Crippen molar-refractivity contribution in [2.75, 3.05) is 32.7 Å². The minimum atomic E-state index is -4.22. The Kier molecular flexibility index (Phi) is 5.51. The minimum absolute atomic E-state index is 0.203. The molecule has 2 aromatic rings. The van der Waals surface area contributed by atoms with Crippen LogP contribution in [0, 0.1) is 0 Å². The average Bonchev–Trinajstić information content (AvgIpc) is 2.86. The third-order valence-electron chi connectivity index (χ3n) is 4.21. The highest BCUT2D eigenvalue weighted by molar-refractivity contribution is 5.93. The van der Waals surface area contributed by atoms with E-state index in [1.165, 1.54) is 17.3 Å². The van der Waals surface area contributed by atoms with Gasteiger partial charge in [-0.3, -0.25) is 9.69 Å². The van der Waals surface area contributed by atoms with Crippen LogP contribution in [-0.2, 0) is 0 Å². The van der Waals surface area contributed by atoms with Gasteiger partial charge in [-0.05, 0) is 6.42 Å². The molecule has 1 fully saturated rings. The molecule has 0 N–H and O–H groups in total. The lowest BCUT2D eigenvalue weighted by Crippen LogP contribution is -2.38. The molecule has 26 heavy (non-hydrogen) atoms. The molecule has 0 aliphatic carbocycles. The summed E-state index contributed by atoms with van der Waals surface area (Å²) in [5, 5.41) is 0. The predicted molar refractivity (Wildman–Crippen MR) is 90.5 cm³/mol. The van der Waals surface area contributed by atoms with Crippen molar-refractivity contribution in [3.8, 4) is 11.4 Å². The molecule has 8 heteroatoms. The molecule has 0 bridgehead atoms. The van der Waals surface area contributed by atoms with E-state index >= 15 is 0 Å². The van der Waals surface area contributed by atoms with Gasteiger partial charge in [0.15, 0.2) is 5.82 Å². The standard InChI is InChI=1S/C18H19F3N4O/c19-18(20,21)13-24-7-4-8-25(10-9-24)17(26)15-11-22-16(23-12-15)14-5-2-1-3-6-14/h1-3,5-6,11-12H,4,7-10,13H2. The summed E-state index contributed by atoms with van der Waals surface area (Å²) >= 11 is 0. The van der Waals surface area contributed by atoms with E-state index in [9.17, 15) is 18.0 Å². The van der Waals surface area contributed by atoms with Crippen molar-refractivity contribution >= 4 is 5.91 Å². The molecule has 3 rings (SSSR count). The zero-order chi connectivity index (χ0) is 18.6. The van der Waals surface area contributed by atoms with Crippen LogP contribution < -0.4 is 0 Å². The molecule has 0 atom stereocenters. The smallest absolute Gasteiger partial charge is 0.337 e. The van der Waals surface area contributed by atoms with Crippen LogP contribution in [0.15, 0.2) is 42.7 Å². The number of hydrogen-bond acceptors (Lipinski definition) is 4. The van der Waals surface area contributed by atoms with Crippen molar-refractivity contribution in [2.45, 2.75) is 12.6 Å². The fraction of sp³-hybridized carbons (Fsp3) is 0.389. The number of aromatic nitrogens is 2. The third-order valence-corrected chi connectivity index (χ3v) is 4.21. The lowest BCUT2D eigenvalue weighted by molar-refractivity contribution is -0.145. The molecule has 138 valence electrons. The summed E-state index contributed by atoms with van der Waals surface area (Å²) in [6.07, 6.45) is -0.781. The summed E-state index contributed by atoms with van der Waals surface area (Å²) in [7, 11) is 0. The van der Waals surface area contributed by atoms with E-state index in [1.807, 2.05) is 30.3 Å². The quantitative estimate of drug-likeness (QED) is 0.840. The van der Waals surface area contributed by atoms with Crippen LogP contribution in [0.3, 0.4) is 0 Å². The van der Waals surface area contributed by atoms with E-state index < -0.39 is 12.7 Å². The summed E-state index contributed by atoms with van der Waals surface area (Å²) < 4.78 is 37.6. The van der Waals surface area contributed by atoms with Gasteiger partial charge in [-0.15, -0.1) is 0 Å². The lowest BCUT2D eigenvalue weighted by Gasteiger charge is -2.22. The Hall–Kier alpha value is -2.48. The van der Waals surface area contributed by atoms with E-state index in [1.54, 1.807) is 4.90 Å². The van der Waals surface area contributed by atoms with E-state index in [2.05, 4.69) is 9.97 Å². The van der Waals surface area contributed by atoms with Gasteiger partial charge in [-0.1, -0.05) is 30.3 Å². The van der Waals surface area contributed by atoms with Crippen molar-refractivity contribution in [3.63, 3.8) is 0 Å². The van der Waals surface area contributed by atoms with Crippen LogP contribution in [0.5, 0.6) is 0 Å². The predicted octanol–water partition coefficient (Wildman–Crippen LogP) is 2.85. The van der Waals surface area contributed by atoms with Crippen molar-refractivity contribution in [2.24, 2.45) is 0 Å². The van der Waals surface area contributed by atoms with Gasteiger partial charge in [0.25, 0.3) is 5.91 Å². The summed E-state index contributed by atoms with van der Waals surface area (Å²) in [4.78, 5) is 24.0. The molecule has 5 nitrogen and oxygen atoms in total. The summed E-state index contributed by atoms with van der Waals surface area (Å²) in [6.45, 7) is 0.272. The number of alkyl halides is 3. The SMILES string of the molecule is O=C(c1cnc(-c2ccccc2)nc1)N1CCCN(CC(F)(F)F)CC1. The molecule has 1 aromatic heterocycles. The molecule has 1 aliphatic heterocycles. The number of hydrogen-bond donors (Lipinski definition) is 0. The number of rotatable bonds is 3. The van der Waals surface area contributed by atoms with Gasteiger partial charge in [0.1, 0.15) is 0 Å². The number of carbonyl (C=O) groups is 1. The molecule has 0 unspecified atom stereocenters. The fourth-order valence-corrected chi connectivity index (χ4v) is 2.94. The normalized spacial score (nSPS) is 16.3. The Bertz CT molecular complexity index is 734. The zero-order valence-electron chi connectivity index (χ0n) is 14.1. The van der Waals surface area contributed by atoms with Crippen LogP contribution in [0.2, 0.25) is 0 Å². The highest BCUT2D eigenvalue weighted by Gasteiger charge is 2.32. The Balaban J connectivity index is 1.64. The van der Waals surface area contributed by atoms with Gasteiger partial charge in [0.2, 0.25) is 0 Å². The fourth-order valence-electron chi connectivity index (χ4n) is 2.94. The second-order valence-electron chi connectivity index (χ2n) is 6.20. The van der Waals surface area contributed by atoms with E-state index in [0.29, 0.717) is 30.9 Å². The second kappa shape index (κ2) is 7.82. The molecule has 0 radical (unpaired) electrons. The Labute approximate surface area is 149 Å². The van der Waals surface area contributed by atoms with Crippen molar-refractivity contribution in [1.29, 1.82) is 0 Å². The Morgan fingerprint density at radius 1 is 1.00 bits per heavy atom.